The lowest BCUT2D eigenvalue weighted by Gasteiger charge is -2.14. The second-order valence-corrected chi connectivity index (χ2v) is 7.53. The molecule has 2 N–H and O–H groups in total. The number of benzene rings is 3. The molecule has 0 saturated heterocycles. The third-order valence-corrected chi connectivity index (χ3v) is 4.16. The molecule has 0 aromatic heterocycles. The molecule has 3 rings (SSSR count). The van der Waals surface area contributed by atoms with Gasteiger partial charge < -0.3 is 10.1 Å². The van der Waals surface area contributed by atoms with Gasteiger partial charge in [0.05, 0.1) is 23.2 Å². The summed E-state index contributed by atoms with van der Waals surface area (Å²) in [6.07, 6.45) is 1.03. The number of sulfonamides is 1. The maximum atomic E-state index is 12.7. The molecule has 0 saturated carbocycles. The predicted octanol–water partition coefficient (Wildman–Crippen LogP) is 4.10. The third kappa shape index (κ3) is 5.08. The fourth-order valence-corrected chi connectivity index (χ4v) is 3.01. The lowest BCUT2D eigenvalue weighted by molar-refractivity contribution is 0.102. The van der Waals surface area contributed by atoms with Crippen LogP contribution in [-0.2, 0) is 10.0 Å². The topological polar surface area (TPSA) is 84.5 Å². The highest BCUT2D eigenvalue weighted by Gasteiger charge is 2.15. The van der Waals surface area contributed by atoms with Gasteiger partial charge in [0.2, 0.25) is 10.0 Å². The Kier molecular flexibility index (Phi) is 5.42. The van der Waals surface area contributed by atoms with Gasteiger partial charge in [-0.25, -0.2) is 8.42 Å². The molecule has 3 aromatic carbocycles. The lowest BCUT2D eigenvalue weighted by atomic mass is 10.1. The van der Waals surface area contributed by atoms with E-state index in [2.05, 4.69) is 10.0 Å². The molecule has 0 radical (unpaired) electrons. The van der Waals surface area contributed by atoms with Gasteiger partial charge in [0.25, 0.3) is 5.91 Å². The SMILES string of the molecule is CS(=O)(=O)Nc1ccccc1C(=O)Nc1ccccc1Oc1ccccc1. The molecular formula is C20H18N2O4S. The third-order valence-electron chi connectivity index (χ3n) is 3.57. The fourth-order valence-electron chi connectivity index (χ4n) is 2.43. The van der Waals surface area contributed by atoms with Crippen LogP contribution in [0.15, 0.2) is 78.9 Å². The normalized spacial score (nSPS) is 10.9. The van der Waals surface area contributed by atoms with E-state index in [0.29, 0.717) is 17.2 Å². The molecule has 0 aliphatic carbocycles. The molecule has 0 atom stereocenters. The van der Waals surface area contributed by atoms with Crippen LogP contribution in [0.25, 0.3) is 0 Å². The molecule has 0 bridgehead atoms. The minimum atomic E-state index is -3.51. The molecule has 0 aliphatic rings. The van der Waals surface area contributed by atoms with Crippen molar-refractivity contribution in [3.8, 4) is 11.5 Å². The maximum absolute atomic E-state index is 12.7. The van der Waals surface area contributed by atoms with Gasteiger partial charge in [-0.2, -0.15) is 0 Å². The van der Waals surface area contributed by atoms with Gasteiger partial charge in [0.1, 0.15) is 5.75 Å². The highest BCUT2D eigenvalue weighted by molar-refractivity contribution is 7.92. The number of amides is 1. The highest BCUT2D eigenvalue weighted by Crippen LogP contribution is 2.30. The van der Waals surface area contributed by atoms with Gasteiger partial charge in [0, 0.05) is 0 Å². The second kappa shape index (κ2) is 7.92. The van der Waals surface area contributed by atoms with Crippen molar-refractivity contribution in [2.75, 3.05) is 16.3 Å². The summed E-state index contributed by atoms with van der Waals surface area (Å²) in [4.78, 5) is 12.7. The molecule has 1 amide bonds. The van der Waals surface area contributed by atoms with Crippen LogP contribution in [0.3, 0.4) is 0 Å². The van der Waals surface area contributed by atoms with E-state index in [-0.39, 0.29) is 11.3 Å². The number of hydrogen-bond acceptors (Lipinski definition) is 4. The number of carbonyl (C=O) groups excluding carboxylic acids is 1. The van der Waals surface area contributed by atoms with E-state index in [0.717, 1.165) is 6.26 Å². The zero-order valence-electron chi connectivity index (χ0n) is 14.5. The summed E-state index contributed by atoms with van der Waals surface area (Å²) in [5.74, 6) is 0.662. The van der Waals surface area contributed by atoms with Gasteiger partial charge in [0.15, 0.2) is 5.75 Å². The lowest BCUT2D eigenvalue weighted by Crippen LogP contribution is -2.17. The molecule has 0 fully saturated rings. The van der Waals surface area contributed by atoms with E-state index >= 15 is 0 Å². The van der Waals surface area contributed by atoms with Crippen molar-refractivity contribution in [1.29, 1.82) is 0 Å². The van der Waals surface area contributed by atoms with Crippen LogP contribution >= 0.6 is 0 Å². The Bertz CT molecular complexity index is 1050. The molecule has 0 spiro atoms. The average Bonchev–Trinajstić information content (AvgIpc) is 2.63. The van der Waals surface area contributed by atoms with E-state index in [1.807, 2.05) is 30.3 Å². The summed E-state index contributed by atoms with van der Waals surface area (Å²) < 4.78 is 31.2. The Morgan fingerprint density at radius 3 is 2.11 bits per heavy atom. The standard InChI is InChI=1S/C20H18N2O4S/c1-27(24,25)22-17-12-6-5-11-16(17)20(23)21-18-13-7-8-14-19(18)26-15-9-3-2-4-10-15/h2-14,22H,1H3,(H,21,23). The van der Waals surface area contributed by atoms with Crippen LogP contribution < -0.4 is 14.8 Å². The number of nitrogens with one attached hydrogen (secondary N) is 2. The number of ether oxygens (including phenoxy) is 1. The number of para-hydroxylation sites is 4. The second-order valence-electron chi connectivity index (χ2n) is 5.79. The van der Waals surface area contributed by atoms with Crippen molar-refractivity contribution < 1.29 is 17.9 Å². The first kappa shape index (κ1) is 18.5. The minimum absolute atomic E-state index is 0.206. The summed E-state index contributed by atoms with van der Waals surface area (Å²) in [6, 6.07) is 22.6. The van der Waals surface area contributed by atoms with E-state index in [1.165, 1.54) is 6.07 Å². The van der Waals surface area contributed by atoms with E-state index in [9.17, 15) is 13.2 Å². The van der Waals surface area contributed by atoms with Crippen LogP contribution in [0.1, 0.15) is 10.4 Å². The number of rotatable bonds is 6. The molecule has 27 heavy (non-hydrogen) atoms. The summed E-state index contributed by atoms with van der Waals surface area (Å²) in [6.45, 7) is 0. The monoisotopic (exact) mass is 382 g/mol. The van der Waals surface area contributed by atoms with Crippen LogP contribution in [0, 0.1) is 0 Å². The van der Waals surface area contributed by atoms with Gasteiger partial charge in [-0.05, 0) is 36.4 Å². The Labute approximate surface area is 157 Å². The van der Waals surface area contributed by atoms with Crippen molar-refractivity contribution >= 4 is 27.3 Å². The van der Waals surface area contributed by atoms with Gasteiger partial charge >= 0.3 is 0 Å². The predicted molar refractivity (Wildman–Crippen MR) is 106 cm³/mol. The summed E-state index contributed by atoms with van der Waals surface area (Å²) in [5, 5.41) is 2.77. The van der Waals surface area contributed by atoms with E-state index < -0.39 is 15.9 Å². The summed E-state index contributed by atoms with van der Waals surface area (Å²) in [5.41, 5.74) is 0.886. The van der Waals surface area contributed by atoms with Gasteiger partial charge in [-0.1, -0.05) is 42.5 Å². The first-order valence-corrected chi connectivity index (χ1v) is 10.0. The largest absolute Gasteiger partial charge is 0.455 e. The van der Waals surface area contributed by atoms with Crippen LogP contribution in [0.4, 0.5) is 11.4 Å². The molecule has 6 nitrogen and oxygen atoms in total. The highest BCUT2D eigenvalue weighted by atomic mass is 32.2. The smallest absolute Gasteiger partial charge is 0.257 e. The van der Waals surface area contributed by atoms with Crippen molar-refractivity contribution in [1.82, 2.24) is 0 Å². The van der Waals surface area contributed by atoms with Crippen LogP contribution in [0.2, 0.25) is 0 Å². The molecule has 3 aromatic rings. The zero-order chi connectivity index (χ0) is 19.3. The first-order chi connectivity index (χ1) is 12.9. The molecule has 0 aliphatic heterocycles. The quantitative estimate of drug-likeness (QED) is 0.672. The van der Waals surface area contributed by atoms with Crippen LogP contribution in [-0.4, -0.2) is 20.6 Å². The Balaban J connectivity index is 1.85. The molecule has 0 unspecified atom stereocenters. The van der Waals surface area contributed by atoms with E-state index in [1.54, 1.807) is 42.5 Å². The van der Waals surface area contributed by atoms with Crippen molar-refractivity contribution in [2.45, 2.75) is 0 Å². The van der Waals surface area contributed by atoms with Gasteiger partial charge in [-0.15, -0.1) is 0 Å². The number of hydrogen-bond donors (Lipinski definition) is 2. The minimum Gasteiger partial charge on any atom is -0.455 e. The van der Waals surface area contributed by atoms with Crippen molar-refractivity contribution in [3.05, 3.63) is 84.4 Å². The molecule has 138 valence electrons. The van der Waals surface area contributed by atoms with Crippen molar-refractivity contribution in [3.63, 3.8) is 0 Å². The van der Waals surface area contributed by atoms with Crippen LogP contribution in [0.5, 0.6) is 11.5 Å². The van der Waals surface area contributed by atoms with Gasteiger partial charge in [-0.3, -0.25) is 9.52 Å². The molecular weight excluding hydrogens is 364 g/mol. The Morgan fingerprint density at radius 2 is 1.41 bits per heavy atom. The van der Waals surface area contributed by atoms with E-state index in [4.69, 9.17) is 4.74 Å². The maximum Gasteiger partial charge on any atom is 0.257 e. The number of anilines is 2. The Hall–Kier alpha value is -3.32. The molecule has 0 heterocycles. The fraction of sp³-hybridized carbons (Fsp3) is 0.0500. The number of carbonyl (C=O) groups is 1. The van der Waals surface area contributed by atoms with Crippen molar-refractivity contribution in [2.24, 2.45) is 0 Å². The summed E-state index contributed by atoms with van der Waals surface area (Å²) >= 11 is 0. The average molecular weight is 382 g/mol. The Morgan fingerprint density at radius 1 is 0.815 bits per heavy atom. The first-order valence-electron chi connectivity index (χ1n) is 8.12. The zero-order valence-corrected chi connectivity index (χ0v) is 15.4. The molecule has 7 heteroatoms. The summed E-state index contributed by atoms with van der Waals surface area (Å²) in [7, 11) is -3.51.